The van der Waals surface area contributed by atoms with Crippen molar-refractivity contribution in [1.29, 1.82) is 0 Å². The van der Waals surface area contributed by atoms with E-state index in [1.807, 2.05) is 11.8 Å². The number of hydrogen-bond acceptors (Lipinski definition) is 4. The number of aryl methyl sites for hydroxylation is 1. The smallest absolute Gasteiger partial charge is 0.356 e. The van der Waals surface area contributed by atoms with Crippen LogP contribution < -0.4 is 4.83 Å². The average molecular weight is 318 g/mol. The van der Waals surface area contributed by atoms with E-state index in [0.717, 1.165) is 5.56 Å². The second-order valence-electron chi connectivity index (χ2n) is 4.54. The standard InChI is InChI=1S/C15H14N2O4S/c1-11-7-9-13(10-8-11)22(20,21)17-16-14(15(18)19)12-5-3-2-4-6-12/h2-10,17H,1H3,(H,18,19). The molecule has 0 aromatic heterocycles. The highest BCUT2D eigenvalue weighted by Gasteiger charge is 2.16. The fourth-order valence-corrected chi connectivity index (χ4v) is 2.52. The number of carbonyl (C=O) groups is 1. The van der Waals surface area contributed by atoms with Gasteiger partial charge in [-0.15, -0.1) is 0 Å². The van der Waals surface area contributed by atoms with E-state index in [2.05, 4.69) is 5.10 Å². The van der Waals surface area contributed by atoms with E-state index in [1.54, 1.807) is 30.3 Å². The van der Waals surface area contributed by atoms with Crippen molar-refractivity contribution in [3.05, 3.63) is 65.7 Å². The molecule has 114 valence electrons. The van der Waals surface area contributed by atoms with Crippen LogP contribution in [-0.4, -0.2) is 25.2 Å². The molecule has 0 saturated heterocycles. The highest BCUT2D eigenvalue weighted by molar-refractivity contribution is 7.89. The molecule has 7 heteroatoms. The van der Waals surface area contributed by atoms with Crippen LogP contribution in [0.25, 0.3) is 0 Å². The van der Waals surface area contributed by atoms with Gasteiger partial charge >= 0.3 is 5.97 Å². The zero-order valence-corrected chi connectivity index (χ0v) is 12.5. The van der Waals surface area contributed by atoms with Gasteiger partial charge in [-0.05, 0) is 19.1 Å². The minimum atomic E-state index is -3.91. The summed E-state index contributed by atoms with van der Waals surface area (Å²) in [4.78, 5) is 13.2. The lowest BCUT2D eigenvalue weighted by Crippen LogP contribution is -2.24. The van der Waals surface area contributed by atoms with Crippen molar-refractivity contribution in [2.45, 2.75) is 11.8 Å². The molecule has 0 radical (unpaired) electrons. The molecule has 0 aliphatic rings. The number of rotatable bonds is 5. The summed E-state index contributed by atoms with van der Waals surface area (Å²) in [7, 11) is -3.91. The maximum absolute atomic E-state index is 12.1. The molecule has 0 spiro atoms. The van der Waals surface area contributed by atoms with Crippen LogP contribution in [0.5, 0.6) is 0 Å². The zero-order valence-electron chi connectivity index (χ0n) is 11.7. The summed E-state index contributed by atoms with van der Waals surface area (Å²) in [5.74, 6) is -1.32. The predicted molar refractivity (Wildman–Crippen MR) is 82.1 cm³/mol. The third kappa shape index (κ3) is 3.70. The quantitative estimate of drug-likeness (QED) is 0.648. The number of nitrogens with one attached hydrogen (secondary N) is 1. The normalized spacial score (nSPS) is 12.0. The molecule has 0 aliphatic carbocycles. The van der Waals surface area contributed by atoms with Crippen LogP contribution >= 0.6 is 0 Å². The fraction of sp³-hybridized carbons (Fsp3) is 0.0667. The summed E-state index contributed by atoms with van der Waals surface area (Å²) in [6, 6.07) is 14.2. The van der Waals surface area contributed by atoms with Gasteiger partial charge in [0.25, 0.3) is 10.0 Å². The summed E-state index contributed by atoms with van der Waals surface area (Å²) in [5.41, 5.74) is 0.843. The van der Waals surface area contributed by atoms with Crippen LogP contribution in [0.2, 0.25) is 0 Å². The van der Waals surface area contributed by atoms with E-state index in [4.69, 9.17) is 5.11 Å². The lowest BCUT2D eigenvalue weighted by atomic mass is 10.1. The zero-order chi connectivity index (χ0) is 16.2. The van der Waals surface area contributed by atoms with Crippen molar-refractivity contribution in [1.82, 2.24) is 4.83 Å². The molecular formula is C15H14N2O4S. The van der Waals surface area contributed by atoms with Crippen molar-refractivity contribution >= 4 is 21.7 Å². The molecule has 0 atom stereocenters. The Bertz CT molecular complexity index is 797. The third-order valence-electron chi connectivity index (χ3n) is 2.86. The van der Waals surface area contributed by atoms with Crippen LogP contribution in [0.15, 0.2) is 64.6 Å². The maximum atomic E-state index is 12.1. The number of hydrazone groups is 1. The first kappa shape index (κ1) is 15.7. The molecule has 2 N–H and O–H groups in total. The van der Waals surface area contributed by atoms with E-state index < -0.39 is 16.0 Å². The van der Waals surface area contributed by atoms with Gasteiger partial charge in [0.15, 0.2) is 5.71 Å². The topological polar surface area (TPSA) is 95.8 Å². The highest BCUT2D eigenvalue weighted by atomic mass is 32.2. The van der Waals surface area contributed by atoms with E-state index in [-0.39, 0.29) is 10.6 Å². The van der Waals surface area contributed by atoms with Gasteiger partial charge in [-0.1, -0.05) is 48.0 Å². The van der Waals surface area contributed by atoms with Crippen LogP contribution in [0.4, 0.5) is 0 Å². The van der Waals surface area contributed by atoms with Crippen molar-refractivity contribution in [3.8, 4) is 0 Å². The molecule has 0 fully saturated rings. The van der Waals surface area contributed by atoms with E-state index in [1.165, 1.54) is 24.3 Å². The largest absolute Gasteiger partial charge is 0.476 e. The lowest BCUT2D eigenvalue weighted by molar-refractivity contribution is -0.129. The molecule has 2 rings (SSSR count). The maximum Gasteiger partial charge on any atom is 0.356 e. The van der Waals surface area contributed by atoms with Crippen LogP contribution in [0, 0.1) is 6.92 Å². The minimum Gasteiger partial charge on any atom is -0.476 e. The molecule has 0 aliphatic heterocycles. The SMILES string of the molecule is Cc1ccc(S(=O)(=O)NN=C(C(=O)O)c2ccccc2)cc1. The molecule has 0 heterocycles. The highest BCUT2D eigenvalue weighted by Crippen LogP contribution is 2.10. The Balaban J connectivity index is 2.31. The Labute approximate surface area is 128 Å². The van der Waals surface area contributed by atoms with Crippen molar-refractivity contribution in [3.63, 3.8) is 0 Å². The molecule has 2 aromatic rings. The Morgan fingerprint density at radius 2 is 1.64 bits per heavy atom. The van der Waals surface area contributed by atoms with Gasteiger partial charge in [-0.2, -0.15) is 18.4 Å². The Kier molecular flexibility index (Phi) is 4.57. The summed E-state index contributed by atoms with van der Waals surface area (Å²) in [6.45, 7) is 1.83. The summed E-state index contributed by atoms with van der Waals surface area (Å²) in [6.07, 6.45) is 0. The van der Waals surface area contributed by atoms with Crippen molar-refractivity contribution < 1.29 is 18.3 Å². The van der Waals surface area contributed by atoms with Gasteiger partial charge < -0.3 is 5.11 Å². The Morgan fingerprint density at radius 1 is 1.05 bits per heavy atom. The predicted octanol–water partition coefficient (Wildman–Crippen LogP) is 1.76. The van der Waals surface area contributed by atoms with Gasteiger partial charge in [0.05, 0.1) is 4.90 Å². The van der Waals surface area contributed by atoms with E-state index >= 15 is 0 Å². The fourth-order valence-electron chi connectivity index (χ4n) is 1.71. The number of nitrogens with zero attached hydrogens (tertiary/aromatic N) is 1. The molecule has 0 bridgehead atoms. The number of benzene rings is 2. The summed E-state index contributed by atoms with van der Waals surface area (Å²) in [5, 5.41) is 12.7. The lowest BCUT2D eigenvalue weighted by Gasteiger charge is -2.06. The van der Waals surface area contributed by atoms with Gasteiger partial charge in [0, 0.05) is 5.56 Å². The first-order valence-corrected chi connectivity index (χ1v) is 7.83. The molecule has 2 aromatic carbocycles. The minimum absolute atomic E-state index is 0.0136. The van der Waals surface area contributed by atoms with Gasteiger partial charge in [-0.25, -0.2) is 4.79 Å². The van der Waals surface area contributed by atoms with Gasteiger partial charge in [0.1, 0.15) is 0 Å². The molecule has 22 heavy (non-hydrogen) atoms. The van der Waals surface area contributed by atoms with E-state index in [0.29, 0.717) is 5.56 Å². The monoisotopic (exact) mass is 318 g/mol. The Morgan fingerprint density at radius 3 is 2.18 bits per heavy atom. The molecule has 0 saturated carbocycles. The van der Waals surface area contributed by atoms with Crippen LogP contribution in [0.3, 0.4) is 0 Å². The second-order valence-corrected chi connectivity index (χ2v) is 6.20. The van der Waals surface area contributed by atoms with Crippen LogP contribution in [-0.2, 0) is 14.8 Å². The number of sulfonamides is 1. The molecule has 0 amide bonds. The summed E-state index contributed by atoms with van der Waals surface area (Å²) < 4.78 is 24.2. The van der Waals surface area contributed by atoms with Gasteiger partial charge in [0.2, 0.25) is 0 Å². The number of carboxylic acids is 1. The molecular weight excluding hydrogens is 304 g/mol. The summed E-state index contributed by atoms with van der Waals surface area (Å²) >= 11 is 0. The first-order valence-electron chi connectivity index (χ1n) is 6.35. The second kappa shape index (κ2) is 6.40. The van der Waals surface area contributed by atoms with Crippen molar-refractivity contribution in [2.24, 2.45) is 5.10 Å². The average Bonchev–Trinajstić information content (AvgIpc) is 2.48. The van der Waals surface area contributed by atoms with Crippen LogP contribution in [0.1, 0.15) is 11.1 Å². The number of hydrogen-bond donors (Lipinski definition) is 2. The van der Waals surface area contributed by atoms with Crippen molar-refractivity contribution in [2.75, 3.05) is 0 Å². The molecule has 6 nitrogen and oxygen atoms in total. The molecule has 0 unspecified atom stereocenters. The first-order chi connectivity index (χ1) is 10.4. The van der Waals surface area contributed by atoms with Gasteiger partial charge in [-0.3, -0.25) is 0 Å². The Hall–Kier alpha value is -2.67. The number of carboxylic acid groups (broad SMARTS) is 1. The van der Waals surface area contributed by atoms with E-state index in [9.17, 15) is 13.2 Å². The third-order valence-corrected chi connectivity index (χ3v) is 4.08. The number of aliphatic carboxylic acids is 1.